The van der Waals surface area contributed by atoms with Gasteiger partial charge in [-0.3, -0.25) is 5.32 Å². The molecular weight excluding hydrogens is 144 g/mol. The van der Waals surface area contributed by atoms with Crippen LogP contribution < -0.4 is 5.32 Å². The lowest BCUT2D eigenvalue weighted by molar-refractivity contribution is 0.00307. The number of rotatable bonds is 1. The summed E-state index contributed by atoms with van der Waals surface area (Å²) in [4.78, 5) is 0. The predicted molar refractivity (Wildman–Crippen MR) is 38.8 cm³/mol. The van der Waals surface area contributed by atoms with Crippen molar-refractivity contribution >= 4 is 0 Å². The molecular formula is C7H12N2O2. The average Bonchev–Trinajstić information content (AvgIpc) is 2.04. The van der Waals surface area contributed by atoms with Gasteiger partial charge in [0, 0.05) is 6.04 Å². The van der Waals surface area contributed by atoms with E-state index in [4.69, 9.17) is 15.1 Å². The highest BCUT2D eigenvalue weighted by Crippen LogP contribution is 2.10. The van der Waals surface area contributed by atoms with E-state index in [9.17, 15) is 0 Å². The fraction of sp³-hybridized carbons (Fsp3) is 0.857. The molecule has 0 radical (unpaired) electrons. The molecule has 0 unspecified atom stereocenters. The summed E-state index contributed by atoms with van der Waals surface area (Å²) in [5, 5.41) is 20.6. The van der Waals surface area contributed by atoms with Crippen molar-refractivity contribution in [2.24, 2.45) is 0 Å². The Morgan fingerprint density at radius 3 is 3.00 bits per heavy atom. The van der Waals surface area contributed by atoms with Crippen molar-refractivity contribution in [1.82, 2.24) is 5.32 Å². The van der Waals surface area contributed by atoms with E-state index >= 15 is 0 Å². The monoisotopic (exact) mass is 156 g/mol. The molecule has 1 fully saturated rings. The Morgan fingerprint density at radius 1 is 1.91 bits per heavy atom. The molecule has 2 N–H and O–H groups in total. The van der Waals surface area contributed by atoms with Gasteiger partial charge in [-0.15, -0.1) is 0 Å². The minimum Gasteiger partial charge on any atom is -0.393 e. The standard InChI is InChI=1S/C7H12N2O2/c1-6-2-11-5-7(3-8,4-10)9-6/h6,9-10H,2,4-5H2,1H3/t6-,7-/m0/s1. The summed E-state index contributed by atoms with van der Waals surface area (Å²) in [7, 11) is 0. The molecule has 11 heavy (non-hydrogen) atoms. The number of morpholine rings is 1. The Hall–Kier alpha value is -0.630. The number of aliphatic hydroxyl groups excluding tert-OH is 1. The van der Waals surface area contributed by atoms with Gasteiger partial charge >= 0.3 is 0 Å². The summed E-state index contributed by atoms with van der Waals surface area (Å²) in [6, 6.07) is 2.15. The predicted octanol–water partition coefficient (Wildman–Crippen LogP) is -0.751. The van der Waals surface area contributed by atoms with E-state index < -0.39 is 5.54 Å². The van der Waals surface area contributed by atoms with Gasteiger partial charge in [0.05, 0.1) is 25.9 Å². The third-order valence-corrected chi connectivity index (χ3v) is 1.72. The van der Waals surface area contributed by atoms with Gasteiger partial charge in [-0.05, 0) is 6.92 Å². The summed E-state index contributed by atoms with van der Waals surface area (Å²) in [5.41, 5.74) is -0.877. The first-order chi connectivity index (χ1) is 5.22. The fourth-order valence-electron chi connectivity index (χ4n) is 1.16. The van der Waals surface area contributed by atoms with Crippen LogP contribution >= 0.6 is 0 Å². The minimum atomic E-state index is -0.877. The topological polar surface area (TPSA) is 65.3 Å². The summed E-state index contributed by atoms with van der Waals surface area (Å²) >= 11 is 0. The van der Waals surface area contributed by atoms with Crippen molar-refractivity contribution in [2.75, 3.05) is 19.8 Å². The third-order valence-electron chi connectivity index (χ3n) is 1.72. The Bertz CT molecular complexity index is 178. The van der Waals surface area contributed by atoms with Crippen molar-refractivity contribution < 1.29 is 9.84 Å². The molecule has 0 aliphatic carbocycles. The second-order valence-corrected chi connectivity index (χ2v) is 2.91. The van der Waals surface area contributed by atoms with E-state index in [-0.39, 0.29) is 19.3 Å². The maximum atomic E-state index is 8.89. The highest BCUT2D eigenvalue weighted by molar-refractivity contribution is 5.09. The van der Waals surface area contributed by atoms with E-state index in [0.717, 1.165) is 0 Å². The summed E-state index contributed by atoms with van der Waals surface area (Å²) < 4.78 is 5.13. The Balaban J connectivity index is 2.62. The lowest BCUT2D eigenvalue weighted by Gasteiger charge is -2.34. The van der Waals surface area contributed by atoms with E-state index in [1.54, 1.807) is 0 Å². The van der Waals surface area contributed by atoms with Gasteiger partial charge in [-0.1, -0.05) is 0 Å². The maximum Gasteiger partial charge on any atom is 0.153 e. The summed E-state index contributed by atoms with van der Waals surface area (Å²) in [5.74, 6) is 0. The first-order valence-electron chi connectivity index (χ1n) is 3.60. The lowest BCUT2D eigenvalue weighted by atomic mass is 10.0. The van der Waals surface area contributed by atoms with Crippen LogP contribution in [0.4, 0.5) is 0 Å². The van der Waals surface area contributed by atoms with Crippen LogP contribution in [0.2, 0.25) is 0 Å². The molecule has 0 saturated carbocycles. The van der Waals surface area contributed by atoms with Crippen LogP contribution in [0.25, 0.3) is 0 Å². The van der Waals surface area contributed by atoms with Gasteiger partial charge in [0.15, 0.2) is 5.54 Å². The second kappa shape index (κ2) is 3.18. The number of hydrogen-bond donors (Lipinski definition) is 2. The van der Waals surface area contributed by atoms with Crippen LogP contribution in [0.3, 0.4) is 0 Å². The van der Waals surface area contributed by atoms with Crippen molar-refractivity contribution in [2.45, 2.75) is 18.5 Å². The zero-order chi connectivity index (χ0) is 8.32. The van der Waals surface area contributed by atoms with Crippen LogP contribution in [0.5, 0.6) is 0 Å². The zero-order valence-electron chi connectivity index (χ0n) is 6.50. The smallest absolute Gasteiger partial charge is 0.153 e. The molecule has 1 aliphatic rings. The zero-order valence-corrected chi connectivity index (χ0v) is 6.50. The van der Waals surface area contributed by atoms with Gasteiger partial charge < -0.3 is 9.84 Å². The average molecular weight is 156 g/mol. The molecule has 1 rings (SSSR count). The summed E-state index contributed by atoms with van der Waals surface area (Å²) in [6.45, 7) is 2.59. The Labute approximate surface area is 65.8 Å². The number of nitriles is 1. The van der Waals surface area contributed by atoms with Crippen molar-refractivity contribution in [3.63, 3.8) is 0 Å². The molecule has 0 amide bonds. The highest BCUT2D eigenvalue weighted by Gasteiger charge is 2.34. The Morgan fingerprint density at radius 2 is 2.64 bits per heavy atom. The molecule has 0 aromatic carbocycles. The molecule has 1 heterocycles. The van der Waals surface area contributed by atoms with Gasteiger partial charge in [0.2, 0.25) is 0 Å². The number of aliphatic hydroxyl groups is 1. The summed E-state index contributed by atoms with van der Waals surface area (Å²) in [6.07, 6.45) is 0. The number of hydrogen-bond acceptors (Lipinski definition) is 4. The first kappa shape index (κ1) is 8.47. The van der Waals surface area contributed by atoms with E-state index in [1.165, 1.54) is 0 Å². The van der Waals surface area contributed by atoms with Crippen LogP contribution in [0, 0.1) is 11.3 Å². The quantitative estimate of drug-likeness (QED) is 0.524. The third kappa shape index (κ3) is 1.69. The normalized spacial score (nSPS) is 38.1. The van der Waals surface area contributed by atoms with Gasteiger partial charge in [0.1, 0.15) is 0 Å². The van der Waals surface area contributed by atoms with Crippen LogP contribution in [0.15, 0.2) is 0 Å². The molecule has 0 bridgehead atoms. The lowest BCUT2D eigenvalue weighted by Crippen LogP contribution is -2.59. The van der Waals surface area contributed by atoms with Crippen molar-refractivity contribution in [3.8, 4) is 6.07 Å². The molecule has 62 valence electrons. The highest BCUT2D eigenvalue weighted by atomic mass is 16.5. The van der Waals surface area contributed by atoms with Crippen LogP contribution in [0.1, 0.15) is 6.92 Å². The molecule has 0 aromatic rings. The van der Waals surface area contributed by atoms with Crippen LogP contribution in [-0.4, -0.2) is 36.5 Å². The van der Waals surface area contributed by atoms with Crippen molar-refractivity contribution in [3.05, 3.63) is 0 Å². The molecule has 4 nitrogen and oxygen atoms in total. The molecule has 1 aliphatic heterocycles. The second-order valence-electron chi connectivity index (χ2n) is 2.91. The van der Waals surface area contributed by atoms with Crippen LogP contribution in [-0.2, 0) is 4.74 Å². The molecule has 0 aromatic heterocycles. The van der Waals surface area contributed by atoms with Gasteiger partial charge in [-0.2, -0.15) is 5.26 Å². The molecule has 1 saturated heterocycles. The molecule has 2 atom stereocenters. The molecule has 4 heteroatoms. The fourth-order valence-corrected chi connectivity index (χ4v) is 1.16. The minimum absolute atomic E-state index is 0.135. The maximum absolute atomic E-state index is 8.89. The number of nitrogens with one attached hydrogen (secondary N) is 1. The number of nitrogens with zero attached hydrogens (tertiary/aromatic N) is 1. The largest absolute Gasteiger partial charge is 0.393 e. The van der Waals surface area contributed by atoms with Gasteiger partial charge in [0.25, 0.3) is 0 Å². The Kier molecular flexibility index (Phi) is 2.45. The first-order valence-corrected chi connectivity index (χ1v) is 3.60. The van der Waals surface area contributed by atoms with E-state index in [2.05, 4.69) is 5.32 Å². The number of ether oxygens (including phenoxy) is 1. The van der Waals surface area contributed by atoms with E-state index in [0.29, 0.717) is 6.61 Å². The molecule has 0 spiro atoms. The van der Waals surface area contributed by atoms with Gasteiger partial charge in [-0.25, -0.2) is 0 Å². The SMILES string of the molecule is C[C@H]1COC[C@](C#N)(CO)N1. The van der Waals surface area contributed by atoms with E-state index in [1.807, 2.05) is 13.0 Å². The van der Waals surface area contributed by atoms with Crippen molar-refractivity contribution in [1.29, 1.82) is 5.26 Å².